The van der Waals surface area contributed by atoms with Gasteiger partial charge in [-0.05, 0) is 67.3 Å². The van der Waals surface area contributed by atoms with Gasteiger partial charge >= 0.3 is 0 Å². The van der Waals surface area contributed by atoms with E-state index in [4.69, 9.17) is 4.98 Å². The summed E-state index contributed by atoms with van der Waals surface area (Å²) in [4.78, 5) is 34.9. The number of halogens is 1. The highest BCUT2D eigenvalue weighted by molar-refractivity contribution is 9.10. The van der Waals surface area contributed by atoms with Gasteiger partial charge in [0.1, 0.15) is 5.82 Å². The molecule has 6 heteroatoms. The van der Waals surface area contributed by atoms with Crippen LogP contribution in [-0.2, 0) is 6.42 Å². The van der Waals surface area contributed by atoms with Crippen LogP contribution in [0.3, 0.4) is 0 Å². The van der Waals surface area contributed by atoms with Crippen LogP contribution < -0.4 is 5.56 Å². The van der Waals surface area contributed by atoms with Crippen molar-refractivity contribution >= 4 is 32.7 Å². The van der Waals surface area contributed by atoms with Crippen molar-refractivity contribution in [3.8, 4) is 5.69 Å². The molecule has 0 saturated carbocycles. The Labute approximate surface area is 233 Å². The van der Waals surface area contributed by atoms with Crippen molar-refractivity contribution < 1.29 is 4.79 Å². The predicted molar refractivity (Wildman–Crippen MR) is 159 cm³/mol. The topological polar surface area (TPSA) is 55.2 Å². The Balaban J connectivity index is 1.89. The fourth-order valence-corrected chi connectivity index (χ4v) is 5.34. The Bertz CT molecular complexity index is 1450. The van der Waals surface area contributed by atoms with Crippen LogP contribution in [0.15, 0.2) is 82.1 Å². The lowest BCUT2D eigenvalue weighted by Crippen LogP contribution is -2.39. The number of benzene rings is 3. The van der Waals surface area contributed by atoms with E-state index in [2.05, 4.69) is 48.8 Å². The zero-order valence-electron chi connectivity index (χ0n) is 22.5. The van der Waals surface area contributed by atoms with Gasteiger partial charge in [-0.2, -0.15) is 0 Å². The lowest BCUT2D eigenvalue weighted by molar-refractivity contribution is 0.0654. The van der Waals surface area contributed by atoms with Crippen LogP contribution in [0.25, 0.3) is 16.6 Å². The van der Waals surface area contributed by atoms with E-state index in [1.165, 1.54) is 5.56 Å². The van der Waals surface area contributed by atoms with E-state index in [1.54, 1.807) is 4.57 Å². The quantitative estimate of drug-likeness (QED) is 0.171. The highest BCUT2D eigenvalue weighted by Gasteiger charge is 2.29. The third-order valence-electron chi connectivity index (χ3n) is 7.05. The molecule has 1 atom stereocenters. The molecule has 0 bridgehead atoms. The van der Waals surface area contributed by atoms with Crippen molar-refractivity contribution in [1.29, 1.82) is 0 Å². The van der Waals surface area contributed by atoms with Crippen molar-refractivity contribution in [2.75, 3.05) is 6.54 Å². The van der Waals surface area contributed by atoms with Crippen molar-refractivity contribution in [3.05, 3.63) is 105 Å². The first-order chi connectivity index (χ1) is 18.5. The number of unbranched alkanes of at least 4 members (excludes halogenated alkanes) is 3. The van der Waals surface area contributed by atoms with E-state index in [0.717, 1.165) is 42.3 Å². The maximum Gasteiger partial charge on any atom is 0.266 e. The number of hydrogen-bond donors (Lipinski definition) is 0. The Kier molecular flexibility index (Phi) is 9.51. The van der Waals surface area contributed by atoms with Crippen molar-refractivity contribution in [3.63, 3.8) is 0 Å². The Morgan fingerprint density at radius 1 is 0.947 bits per heavy atom. The van der Waals surface area contributed by atoms with Gasteiger partial charge in [0.05, 0.1) is 22.6 Å². The van der Waals surface area contributed by atoms with E-state index in [9.17, 15) is 9.59 Å². The molecule has 4 aromatic rings. The van der Waals surface area contributed by atoms with Gasteiger partial charge in [-0.15, -0.1) is 0 Å². The van der Waals surface area contributed by atoms with E-state index < -0.39 is 0 Å². The highest BCUT2D eigenvalue weighted by atomic mass is 79.9. The average Bonchev–Trinajstić information content (AvgIpc) is 2.94. The minimum Gasteiger partial charge on any atom is -0.328 e. The molecule has 0 aliphatic heterocycles. The van der Waals surface area contributed by atoms with E-state index >= 15 is 0 Å². The van der Waals surface area contributed by atoms with Gasteiger partial charge in [0, 0.05) is 16.6 Å². The van der Waals surface area contributed by atoms with Gasteiger partial charge in [0.15, 0.2) is 0 Å². The molecular formula is C32H36BrN3O2. The normalized spacial score (nSPS) is 12.0. The number of para-hydroxylation sites is 1. The molecule has 1 aromatic heterocycles. The third kappa shape index (κ3) is 6.07. The monoisotopic (exact) mass is 573 g/mol. The van der Waals surface area contributed by atoms with Crippen LogP contribution in [0.1, 0.15) is 80.7 Å². The van der Waals surface area contributed by atoms with Gasteiger partial charge in [0.25, 0.3) is 11.5 Å². The number of amides is 1. The molecule has 0 spiro atoms. The van der Waals surface area contributed by atoms with E-state index in [-0.39, 0.29) is 17.5 Å². The molecule has 198 valence electrons. The number of aryl methyl sites for hydroxylation is 1. The second kappa shape index (κ2) is 13.0. The summed E-state index contributed by atoms with van der Waals surface area (Å²) in [5.74, 6) is 0.546. The van der Waals surface area contributed by atoms with Crippen molar-refractivity contribution in [1.82, 2.24) is 14.5 Å². The molecule has 5 nitrogen and oxygen atoms in total. The molecule has 0 N–H and O–H groups in total. The molecule has 0 aliphatic carbocycles. The summed E-state index contributed by atoms with van der Waals surface area (Å²) in [5.41, 5.74) is 3.11. The minimum absolute atomic E-state index is 0.0510. The van der Waals surface area contributed by atoms with Crippen LogP contribution in [0, 0.1) is 0 Å². The molecule has 1 amide bonds. The van der Waals surface area contributed by atoms with Gasteiger partial charge in [-0.3, -0.25) is 14.2 Å². The second-order valence-corrected chi connectivity index (χ2v) is 10.6. The zero-order valence-corrected chi connectivity index (χ0v) is 24.1. The molecule has 0 fully saturated rings. The molecule has 1 heterocycles. The number of carbonyl (C=O) groups is 1. The number of hydrogen-bond acceptors (Lipinski definition) is 3. The fourth-order valence-electron chi connectivity index (χ4n) is 4.94. The first-order valence-corrected chi connectivity index (χ1v) is 14.4. The summed E-state index contributed by atoms with van der Waals surface area (Å²) in [6, 6.07) is 22.7. The largest absolute Gasteiger partial charge is 0.328 e. The number of rotatable bonds is 11. The van der Waals surface area contributed by atoms with Crippen molar-refractivity contribution in [2.24, 2.45) is 0 Å². The minimum atomic E-state index is -0.369. The Morgan fingerprint density at radius 3 is 2.39 bits per heavy atom. The molecule has 0 radical (unpaired) electrons. The molecule has 1 unspecified atom stereocenters. The zero-order chi connectivity index (χ0) is 27.1. The number of carbonyl (C=O) groups excluding carboxylic acids is 1. The molecule has 3 aromatic carbocycles. The number of nitrogens with zero attached hydrogens (tertiary/aromatic N) is 3. The smallest absolute Gasteiger partial charge is 0.266 e. The predicted octanol–water partition coefficient (Wildman–Crippen LogP) is 7.88. The first kappa shape index (κ1) is 27.8. The summed E-state index contributed by atoms with van der Waals surface area (Å²) in [6.07, 6.45) is 5.74. The van der Waals surface area contributed by atoms with E-state index in [1.807, 2.05) is 65.6 Å². The number of fused-ring (bicyclic) bond motifs is 1. The summed E-state index contributed by atoms with van der Waals surface area (Å²) in [6.45, 7) is 6.95. The fraction of sp³-hybridized carbons (Fsp3) is 0.344. The van der Waals surface area contributed by atoms with E-state index in [0.29, 0.717) is 35.3 Å². The summed E-state index contributed by atoms with van der Waals surface area (Å²) >= 11 is 3.51. The summed E-state index contributed by atoms with van der Waals surface area (Å²) in [5, 5.41) is 0.568. The van der Waals surface area contributed by atoms with Crippen LogP contribution in [0.4, 0.5) is 0 Å². The van der Waals surface area contributed by atoms with Crippen LogP contribution in [-0.4, -0.2) is 26.9 Å². The van der Waals surface area contributed by atoms with Gasteiger partial charge in [-0.1, -0.05) is 86.3 Å². The Hall–Kier alpha value is -3.25. The van der Waals surface area contributed by atoms with Crippen LogP contribution in [0.2, 0.25) is 0 Å². The van der Waals surface area contributed by atoms with Crippen LogP contribution in [0.5, 0.6) is 0 Å². The highest BCUT2D eigenvalue weighted by Crippen LogP contribution is 2.29. The Morgan fingerprint density at radius 2 is 1.71 bits per heavy atom. The summed E-state index contributed by atoms with van der Waals surface area (Å²) in [7, 11) is 0. The molecular weight excluding hydrogens is 538 g/mol. The third-order valence-corrected chi connectivity index (χ3v) is 7.54. The second-order valence-electron chi connectivity index (χ2n) is 9.64. The lowest BCUT2D eigenvalue weighted by Gasteiger charge is -2.32. The standard InChI is InChI=1S/C32H36BrN3O2/c1-4-7-8-11-21-35(31(37)24-13-12-14-25(33)22-24)29(6-3)30-34-28-16-10-9-15-27(28)32(38)36(30)26-19-17-23(5-2)18-20-26/h9-10,12-20,22,29H,4-8,11,21H2,1-3H3. The molecule has 38 heavy (non-hydrogen) atoms. The summed E-state index contributed by atoms with van der Waals surface area (Å²) < 4.78 is 2.57. The number of aromatic nitrogens is 2. The SMILES string of the molecule is CCCCCCN(C(=O)c1cccc(Br)c1)C(CC)c1nc2ccccc2c(=O)n1-c1ccc(CC)cc1. The maximum absolute atomic E-state index is 14.0. The first-order valence-electron chi connectivity index (χ1n) is 13.7. The van der Waals surface area contributed by atoms with Gasteiger partial charge in [-0.25, -0.2) is 4.98 Å². The van der Waals surface area contributed by atoms with Gasteiger partial charge in [0.2, 0.25) is 0 Å². The molecule has 4 rings (SSSR count). The lowest BCUT2D eigenvalue weighted by atomic mass is 10.1. The van der Waals surface area contributed by atoms with Crippen molar-refractivity contribution in [2.45, 2.75) is 65.3 Å². The maximum atomic E-state index is 14.0. The molecule has 0 saturated heterocycles. The van der Waals surface area contributed by atoms with Crippen LogP contribution >= 0.6 is 15.9 Å². The molecule has 0 aliphatic rings. The van der Waals surface area contributed by atoms with Gasteiger partial charge < -0.3 is 4.90 Å². The average molecular weight is 575 g/mol.